The van der Waals surface area contributed by atoms with E-state index >= 15 is 0 Å². The molecule has 0 bridgehead atoms. The standard InChI is InChI=1S/C18H30N2O3/c1-17(2,3)23-16(22)20-15-8-6-14(7-9-15)10-11-19-12-18(4,5)13-21/h6-9,19,21H,10-13H2,1-5H3,(H,20,22). The number of hydrogen-bond donors (Lipinski definition) is 3. The number of ether oxygens (including phenoxy) is 1. The van der Waals surface area contributed by atoms with Gasteiger partial charge in [0.1, 0.15) is 5.60 Å². The van der Waals surface area contributed by atoms with Crippen LogP contribution < -0.4 is 10.6 Å². The van der Waals surface area contributed by atoms with Crippen LogP contribution in [0.1, 0.15) is 40.2 Å². The number of aliphatic hydroxyl groups excluding tert-OH is 1. The van der Waals surface area contributed by atoms with E-state index in [0.29, 0.717) is 0 Å². The number of amides is 1. The summed E-state index contributed by atoms with van der Waals surface area (Å²) in [5.41, 5.74) is 1.31. The number of carbonyl (C=O) groups excluding carboxylic acids is 1. The summed E-state index contributed by atoms with van der Waals surface area (Å²) in [5, 5.41) is 15.3. The van der Waals surface area contributed by atoms with Crippen molar-refractivity contribution in [1.29, 1.82) is 0 Å². The molecule has 0 spiro atoms. The van der Waals surface area contributed by atoms with Crippen LogP contribution in [0, 0.1) is 5.41 Å². The summed E-state index contributed by atoms with van der Waals surface area (Å²) in [4.78, 5) is 11.7. The van der Waals surface area contributed by atoms with Crippen molar-refractivity contribution in [3.8, 4) is 0 Å². The van der Waals surface area contributed by atoms with Crippen LogP contribution >= 0.6 is 0 Å². The Hall–Kier alpha value is -1.59. The maximum Gasteiger partial charge on any atom is 0.412 e. The third-order valence-electron chi connectivity index (χ3n) is 3.22. The molecule has 130 valence electrons. The van der Waals surface area contributed by atoms with Gasteiger partial charge < -0.3 is 15.2 Å². The summed E-state index contributed by atoms with van der Waals surface area (Å²) in [7, 11) is 0. The van der Waals surface area contributed by atoms with Gasteiger partial charge in [-0.2, -0.15) is 0 Å². The minimum absolute atomic E-state index is 0.0960. The molecule has 1 aromatic carbocycles. The summed E-state index contributed by atoms with van der Waals surface area (Å²) in [5.74, 6) is 0. The third-order valence-corrected chi connectivity index (χ3v) is 3.22. The zero-order valence-electron chi connectivity index (χ0n) is 14.9. The number of carbonyl (C=O) groups is 1. The quantitative estimate of drug-likeness (QED) is 0.674. The number of aliphatic hydroxyl groups is 1. The zero-order chi connectivity index (χ0) is 17.5. The molecule has 0 saturated carbocycles. The molecule has 0 saturated heterocycles. The second kappa shape index (κ2) is 8.31. The van der Waals surface area contributed by atoms with Gasteiger partial charge in [-0.15, -0.1) is 0 Å². The Labute approximate surface area is 139 Å². The first-order valence-electron chi connectivity index (χ1n) is 8.02. The lowest BCUT2D eigenvalue weighted by Crippen LogP contribution is -2.33. The molecule has 0 atom stereocenters. The summed E-state index contributed by atoms with van der Waals surface area (Å²) in [6.07, 6.45) is 0.451. The summed E-state index contributed by atoms with van der Waals surface area (Å²) in [6, 6.07) is 7.73. The van der Waals surface area contributed by atoms with Crippen LogP contribution in [-0.4, -0.2) is 36.5 Å². The lowest BCUT2D eigenvalue weighted by Gasteiger charge is -2.21. The van der Waals surface area contributed by atoms with Gasteiger partial charge in [0, 0.05) is 24.3 Å². The van der Waals surface area contributed by atoms with Gasteiger partial charge in [-0.3, -0.25) is 5.32 Å². The number of hydrogen-bond acceptors (Lipinski definition) is 4. The van der Waals surface area contributed by atoms with E-state index < -0.39 is 11.7 Å². The summed E-state index contributed by atoms with van der Waals surface area (Å²) in [6.45, 7) is 11.4. The van der Waals surface area contributed by atoms with Gasteiger partial charge in [0.2, 0.25) is 0 Å². The first-order chi connectivity index (χ1) is 10.6. The van der Waals surface area contributed by atoms with E-state index in [1.165, 1.54) is 5.56 Å². The van der Waals surface area contributed by atoms with Crippen LogP contribution in [0.15, 0.2) is 24.3 Å². The fourth-order valence-corrected chi connectivity index (χ4v) is 1.89. The number of benzene rings is 1. The Kier molecular flexibility index (Phi) is 7.03. The van der Waals surface area contributed by atoms with E-state index in [9.17, 15) is 9.90 Å². The van der Waals surface area contributed by atoms with E-state index in [4.69, 9.17) is 4.74 Å². The van der Waals surface area contributed by atoms with Crippen LogP contribution in [0.3, 0.4) is 0 Å². The molecule has 1 rings (SSSR count). The van der Waals surface area contributed by atoms with E-state index in [-0.39, 0.29) is 12.0 Å². The third kappa shape index (κ3) is 8.57. The maximum absolute atomic E-state index is 11.7. The fraction of sp³-hybridized carbons (Fsp3) is 0.611. The molecule has 5 heteroatoms. The Morgan fingerprint density at radius 1 is 1.13 bits per heavy atom. The van der Waals surface area contributed by atoms with Crippen molar-refractivity contribution in [3.05, 3.63) is 29.8 Å². The van der Waals surface area contributed by atoms with E-state index in [2.05, 4.69) is 10.6 Å². The molecule has 0 aliphatic carbocycles. The Morgan fingerprint density at radius 2 is 1.74 bits per heavy atom. The number of nitrogens with one attached hydrogen (secondary N) is 2. The van der Waals surface area contributed by atoms with Crippen LogP contribution in [0.25, 0.3) is 0 Å². The highest BCUT2D eigenvalue weighted by atomic mass is 16.6. The van der Waals surface area contributed by atoms with E-state index in [1.807, 2.05) is 58.9 Å². The topological polar surface area (TPSA) is 70.6 Å². The molecule has 0 radical (unpaired) electrons. The molecular formula is C18H30N2O3. The maximum atomic E-state index is 11.7. The highest BCUT2D eigenvalue weighted by Gasteiger charge is 2.16. The van der Waals surface area contributed by atoms with Crippen LogP contribution in [0.5, 0.6) is 0 Å². The van der Waals surface area contributed by atoms with Crippen molar-refractivity contribution >= 4 is 11.8 Å². The van der Waals surface area contributed by atoms with Crippen molar-refractivity contribution in [1.82, 2.24) is 5.32 Å². The average molecular weight is 322 g/mol. The number of anilines is 1. The van der Waals surface area contributed by atoms with Gasteiger partial charge in [0.25, 0.3) is 0 Å². The molecule has 0 fully saturated rings. The van der Waals surface area contributed by atoms with Crippen molar-refractivity contribution in [2.75, 3.05) is 25.0 Å². The average Bonchev–Trinajstić information content (AvgIpc) is 2.43. The van der Waals surface area contributed by atoms with Crippen LogP contribution in [-0.2, 0) is 11.2 Å². The second-order valence-corrected chi connectivity index (χ2v) is 7.57. The van der Waals surface area contributed by atoms with E-state index in [0.717, 1.165) is 25.2 Å². The van der Waals surface area contributed by atoms with Crippen LogP contribution in [0.2, 0.25) is 0 Å². The van der Waals surface area contributed by atoms with Crippen molar-refractivity contribution in [2.24, 2.45) is 5.41 Å². The van der Waals surface area contributed by atoms with Crippen LogP contribution in [0.4, 0.5) is 10.5 Å². The predicted octanol–water partition coefficient (Wildman–Crippen LogP) is 3.18. The molecule has 23 heavy (non-hydrogen) atoms. The smallest absolute Gasteiger partial charge is 0.412 e. The molecule has 0 aromatic heterocycles. The molecule has 0 aliphatic heterocycles. The SMILES string of the molecule is CC(C)(CO)CNCCc1ccc(NC(=O)OC(C)(C)C)cc1. The van der Waals surface area contributed by atoms with Crippen molar-refractivity contribution in [2.45, 2.75) is 46.6 Å². The normalized spacial score (nSPS) is 12.1. The Bertz CT molecular complexity index is 490. The van der Waals surface area contributed by atoms with Gasteiger partial charge in [-0.05, 0) is 51.4 Å². The summed E-state index contributed by atoms with van der Waals surface area (Å²) >= 11 is 0. The Morgan fingerprint density at radius 3 is 2.26 bits per heavy atom. The molecule has 0 heterocycles. The predicted molar refractivity (Wildman–Crippen MR) is 93.7 cm³/mol. The molecular weight excluding hydrogens is 292 g/mol. The van der Waals surface area contributed by atoms with Gasteiger partial charge in [0.15, 0.2) is 0 Å². The Balaban J connectivity index is 2.38. The zero-order valence-corrected chi connectivity index (χ0v) is 14.9. The minimum Gasteiger partial charge on any atom is -0.444 e. The molecule has 1 amide bonds. The van der Waals surface area contributed by atoms with Crippen molar-refractivity contribution in [3.63, 3.8) is 0 Å². The van der Waals surface area contributed by atoms with E-state index in [1.54, 1.807) is 0 Å². The molecule has 1 aromatic rings. The lowest BCUT2D eigenvalue weighted by atomic mass is 9.95. The first-order valence-corrected chi connectivity index (χ1v) is 8.02. The molecule has 5 nitrogen and oxygen atoms in total. The van der Waals surface area contributed by atoms with Gasteiger partial charge >= 0.3 is 6.09 Å². The first kappa shape index (κ1) is 19.5. The molecule has 0 unspecified atom stereocenters. The highest BCUT2D eigenvalue weighted by molar-refractivity contribution is 5.84. The number of rotatable bonds is 7. The monoisotopic (exact) mass is 322 g/mol. The molecule has 0 aliphatic rings. The van der Waals surface area contributed by atoms with Crippen molar-refractivity contribution < 1.29 is 14.6 Å². The fourth-order valence-electron chi connectivity index (χ4n) is 1.89. The van der Waals surface area contributed by atoms with Gasteiger partial charge in [-0.1, -0.05) is 26.0 Å². The minimum atomic E-state index is -0.502. The highest BCUT2D eigenvalue weighted by Crippen LogP contribution is 2.14. The largest absolute Gasteiger partial charge is 0.444 e. The lowest BCUT2D eigenvalue weighted by molar-refractivity contribution is 0.0636. The van der Waals surface area contributed by atoms with Gasteiger partial charge in [0.05, 0.1) is 0 Å². The molecule has 3 N–H and O–H groups in total. The second-order valence-electron chi connectivity index (χ2n) is 7.57. The summed E-state index contributed by atoms with van der Waals surface area (Å²) < 4.78 is 5.21. The van der Waals surface area contributed by atoms with Gasteiger partial charge in [-0.25, -0.2) is 4.79 Å².